The van der Waals surface area contributed by atoms with E-state index in [0.717, 1.165) is 29.2 Å². The first-order valence-electron chi connectivity index (χ1n) is 8.97. The minimum Gasteiger partial charge on any atom is -0.311 e. The van der Waals surface area contributed by atoms with Crippen LogP contribution in [0.2, 0.25) is 0 Å². The van der Waals surface area contributed by atoms with Crippen LogP contribution in [0.3, 0.4) is 0 Å². The summed E-state index contributed by atoms with van der Waals surface area (Å²) in [7, 11) is 0.0560. The highest BCUT2D eigenvalue weighted by Gasteiger charge is 2.41. The monoisotopic (exact) mass is 360 g/mol. The largest absolute Gasteiger partial charge is 0.311 e. The maximum Gasteiger partial charge on any atom is 0.189 e. The highest BCUT2D eigenvalue weighted by molar-refractivity contribution is 7.98. The van der Waals surface area contributed by atoms with Crippen molar-refractivity contribution in [2.24, 2.45) is 0 Å². The Balaban J connectivity index is 1.70. The number of hydrogen-bond acceptors (Lipinski definition) is 2. The Morgan fingerprint density at radius 1 is 0.769 bits per heavy atom. The van der Waals surface area contributed by atoms with Gasteiger partial charge in [0, 0.05) is 28.0 Å². The Kier molecular flexibility index (Phi) is 4.81. The number of hydrogen-bond donors (Lipinski definition) is 0. The van der Waals surface area contributed by atoms with Crippen LogP contribution in [0.15, 0.2) is 89.8 Å². The molecular weight excluding hydrogens is 338 g/mol. The molecule has 0 saturated carbocycles. The van der Waals surface area contributed by atoms with Crippen LogP contribution in [0.5, 0.6) is 0 Å². The summed E-state index contributed by atoms with van der Waals surface area (Å²) in [5.41, 5.74) is 3.41. The van der Waals surface area contributed by atoms with Crippen LogP contribution in [-0.2, 0) is 15.7 Å². The highest BCUT2D eigenvalue weighted by atomic mass is 32.2. The van der Waals surface area contributed by atoms with E-state index < -0.39 is 0 Å². The lowest BCUT2D eigenvalue weighted by Gasteiger charge is -2.25. The molecule has 3 aromatic rings. The molecule has 1 aliphatic rings. The number of Topliss-reactive ketones (excluding diaryl/α,β-unsaturated/α-hetero) is 1. The second-order valence-electron chi connectivity index (χ2n) is 6.49. The third-order valence-corrected chi connectivity index (χ3v) is 7.51. The molecule has 4 rings (SSSR count). The fraction of sp³-hybridized carbons (Fsp3) is 0.174. The minimum absolute atomic E-state index is 0.0560. The van der Waals surface area contributed by atoms with E-state index in [1.165, 1.54) is 4.90 Å². The summed E-state index contributed by atoms with van der Waals surface area (Å²) in [5.74, 6) is 1.41. The number of nitrogens with zero attached hydrogens (tertiary/aromatic N) is 1. The van der Waals surface area contributed by atoms with Gasteiger partial charge in [0.1, 0.15) is 5.75 Å². The first-order chi connectivity index (χ1) is 12.7. The third-order valence-electron chi connectivity index (χ3n) is 4.88. The van der Waals surface area contributed by atoms with Crippen molar-refractivity contribution in [1.82, 2.24) is 0 Å². The molecule has 2 unspecified atom stereocenters. The van der Waals surface area contributed by atoms with Gasteiger partial charge in [0.25, 0.3) is 0 Å². The Hall–Kier alpha value is -2.52. The van der Waals surface area contributed by atoms with Gasteiger partial charge >= 0.3 is 0 Å². The predicted octanol–water partition coefficient (Wildman–Crippen LogP) is 5.49. The van der Waals surface area contributed by atoms with Gasteiger partial charge in [0.05, 0.1) is 6.42 Å². The van der Waals surface area contributed by atoms with Gasteiger partial charge in [-0.1, -0.05) is 36.4 Å². The molecular formula is C23H22NOS+. The van der Waals surface area contributed by atoms with Gasteiger partial charge in [-0.15, -0.1) is 0 Å². The number of carbonyl (C=O) groups excluding carboxylic acids is 1. The molecule has 0 aliphatic carbocycles. The number of anilines is 3. The first-order valence-corrected chi connectivity index (χ1v) is 10.4. The van der Waals surface area contributed by atoms with Crippen LogP contribution in [0.4, 0.5) is 17.1 Å². The Morgan fingerprint density at radius 3 is 1.73 bits per heavy atom. The molecule has 26 heavy (non-hydrogen) atoms. The maximum absolute atomic E-state index is 11.9. The van der Waals surface area contributed by atoms with Crippen molar-refractivity contribution in [2.75, 3.05) is 10.7 Å². The van der Waals surface area contributed by atoms with Crippen molar-refractivity contribution in [2.45, 2.75) is 23.5 Å². The topological polar surface area (TPSA) is 20.3 Å². The third kappa shape index (κ3) is 3.27. The maximum atomic E-state index is 11.9. The van der Waals surface area contributed by atoms with Gasteiger partial charge in [-0.3, -0.25) is 4.79 Å². The SMILES string of the molecule is CC1C(=O)CC[S+]1c1ccc(N(c2ccccc2)c2ccccc2)cc1. The highest BCUT2D eigenvalue weighted by Crippen LogP contribution is 2.35. The zero-order valence-electron chi connectivity index (χ0n) is 14.8. The zero-order chi connectivity index (χ0) is 17.9. The summed E-state index contributed by atoms with van der Waals surface area (Å²) in [5, 5.41) is 0.167. The lowest BCUT2D eigenvalue weighted by molar-refractivity contribution is -0.117. The van der Waals surface area contributed by atoms with Gasteiger partial charge in [0.2, 0.25) is 0 Å². The molecule has 130 valence electrons. The summed E-state index contributed by atoms with van der Waals surface area (Å²) in [4.78, 5) is 15.5. The fourth-order valence-corrected chi connectivity index (χ4v) is 5.78. The second-order valence-corrected chi connectivity index (χ2v) is 8.94. The van der Waals surface area contributed by atoms with Gasteiger partial charge in [-0.2, -0.15) is 0 Å². The Labute approximate surface area is 157 Å². The molecule has 1 saturated heterocycles. The quantitative estimate of drug-likeness (QED) is 0.573. The summed E-state index contributed by atoms with van der Waals surface area (Å²) in [6, 6.07) is 29.6. The van der Waals surface area contributed by atoms with E-state index in [4.69, 9.17) is 0 Å². The van der Waals surface area contributed by atoms with Crippen LogP contribution < -0.4 is 4.90 Å². The van der Waals surface area contributed by atoms with Gasteiger partial charge < -0.3 is 4.90 Å². The van der Waals surface area contributed by atoms with E-state index in [0.29, 0.717) is 5.78 Å². The summed E-state index contributed by atoms with van der Waals surface area (Å²) >= 11 is 0. The zero-order valence-corrected chi connectivity index (χ0v) is 15.7. The molecule has 3 heteroatoms. The summed E-state index contributed by atoms with van der Waals surface area (Å²) in [6.07, 6.45) is 0.728. The Morgan fingerprint density at radius 2 is 1.27 bits per heavy atom. The summed E-state index contributed by atoms with van der Waals surface area (Å²) < 4.78 is 0. The molecule has 2 nitrogen and oxygen atoms in total. The number of rotatable bonds is 4. The lowest BCUT2D eigenvalue weighted by Crippen LogP contribution is -2.18. The van der Waals surface area contributed by atoms with E-state index in [9.17, 15) is 4.79 Å². The average Bonchev–Trinajstić information content (AvgIpc) is 3.03. The second kappa shape index (κ2) is 7.38. The van der Waals surface area contributed by atoms with Crippen molar-refractivity contribution in [3.8, 4) is 0 Å². The average molecular weight is 361 g/mol. The van der Waals surface area contributed by atoms with Crippen LogP contribution in [0.25, 0.3) is 0 Å². The normalized spacial score (nSPS) is 19.5. The van der Waals surface area contributed by atoms with Crippen molar-refractivity contribution < 1.29 is 4.79 Å². The Bertz CT molecular complexity index is 838. The molecule has 0 N–H and O–H groups in total. The van der Waals surface area contributed by atoms with E-state index >= 15 is 0 Å². The molecule has 3 aromatic carbocycles. The van der Waals surface area contributed by atoms with Crippen molar-refractivity contribution in [3.63, 3.8) is 0 Å². The van der Waals surface area contributed by atoms with E-state index in [1.54, 1.807) is 0 Å². The molecule has 0 radical (unpaired) electrons. The molecule has 0 amide bonds. The molecule has 2 atom stereocenters. The van der Waals surface area contributed by atoms with Crippen molar-refractivity contribution >= 4 is 33.7 Å². The fourth-order valence-electron chi connectivity index (χ4n) is 3.44. The van der Waals surface area contributed by atoms with Crippen LogP contribution in [0, 0.1) is 0 Å². The molecule has 0 aromatic heterocycles. The lowest BCUT2D eigenvalue weighted by atomic mass is 10.2. The molecule has 0 spiro atoms. The van der Waals surface area contributed by atoms with E-state index in [2.05, 4.69) is 84.6 Å². The predicted molar refractivity (Wildman–Crippen MR) is 111 cm³/mol. The number of para-hydroxylation sites is 2. The smallest absolute Gasteiger partial charge is 0.189 e. The van der Waals surface area contributed by atoms with Gasteiger partial charge in [0.15, 0.2) is 15.9 Å². The standard InChI is InChI=1S/C23H22NOS/c1-18-23(25)16-17-26(18)22-14-12-21(13-15-22)24(19-8-4-2-5-9-19)20-10-6-3-7-11-20/h2-15,18H,16-17H2,1H3/q+1. The number of carbonyl (C=O) groups is 1. The minimum atomic E-state index is 0.0560. The van der Waals surface area contributed by atoms with E-state index in [1.807, 2.05) is 12.1 Å². The van der Waals surface area contributed by atoms with Crippen molar-refractivity contribution in [3.05, 3.63) is 84.9 Å². The first kappa shape index (κ1) is 16.9. The van der Waals surface area contributed by atoms with E-state index in [-0.39, 0.29) is 16.1 Å². The van der Waals surface area contributed by atoms with Crippen molar-refractivity contribution in [1.29, 1.82) is 0 Å². The molecule has 1 heterocycles. The van der Waals surface area contributed by atoms with Crippen LogP contribution in [0.1, 0.15) is 13.3 Å². The molecule has 1 fully saturated rings. The number of ketones is 1. The van der Waals surface area contributed by atoms with Crippen LogP contribution in [-0.4, -0.2) is 16.8 Å². The number of benzene rings is 3. The van der Waals surface area contributed by atoms with Crippen LogP contribution >= 0.6 is 0 Å². The summed E-state index contributed by atoms with van der Waals surface area (Å²) in [6.45, 7) is 2.08. The molecule has 1 aliphatic heterocycles. The van der Waals surface area contributed by atoms with Gasteiger partial charge in [-0.25, -0.2) is 0 Å². The van der Waals surface area contributed by atoms with Gasteiger partial charge in [-0.05, 0) is 55.5 Å². The molecule has 0 bridgehead atoms.